The standard InChI is InChI=1S/C30H48N6/c1-7-35(8-2)21-11-13-23(5)33-27-17-19-31-29-25(27)15-16-26-28(18-20-32-30(26)29)34-24(6)14-12-22-36(9-3)10-4/h15-20,23-24H,7-14,21-22H2,1-6H3,(H,31,33)(H,32,34)/t23-,24-/m0/s1. The normalized spacial score (nSPS) is 13.6. The smallest absolute Gasteiger partial charge is 0.0986 e. The third-order valence-corrected chi connectivity index (χ3v) is 7.44. The molecule has 2 aromatic heterocycles. The summed E-state index contributed by atoms with van der Waals surface area (Å²) in [4.78, 5) is 14.5. The molecule has 0 fully saturated rings. The van der Waals surface area contributed by atoms with Crippen LogP contribution in [0.4, 0.5) is 11.4 Å². The third kappa shape index (κ3) is 7.53. The average Bonchev–Trinajstić information content (AvgIpc) is 2.89. The number of rotatable bonds is 16. The van der Waals surface area contributed by atoms with Crippen LogP contribution in [0.3, 0.4) is 0 Å². The molecule has 0 bridgehead atoms. The molecule has 6 nitrogen and oxygen atoms in total. The molecule has 0 aliphatic carbocycles. The third-order valence-electron chi connectivity index (χ3n) is 7.44. The number of anilines is 2. The molecule has 6 heteroatoms. The summed E-state index contributed by atoms with van der Waals surface area (Å²) in [5.41, 5.74) is 4.21. The summed E-state index contributed by atoms with van der Waals surface area (Å²) in [6, 6.07) is 9.39. The fourth-order valence-corrected chi connectivity index (χ4v) is 5.08. The first-order valence-electron chi connectivity index (χ1n) is 14.1. The number of hydrogen-bond acceptors (Lipinski definition) is 6. The Balaban J connectivity index is 1.71. The molecule has 0 saturated heterocycles. The van der Waals surface area contributed by atoms with E-state index in [1.54, 1.807) is 0 Å². The molecule has 198 valence electrons. The summed E-state index contributed by atoms with van der Waals surface area (Å²) in [6.07, 6.45) is 8.50. The van der Waals surface area contributed by atoms with Crippen LogP contribution >= 0.6 is 0 Å². The summed E-state index contributed by atoms with van der Waals surface area (Å²) in [5, 5.41) is 9.76. The van der Waals surface area contributed by atoms with E-state index in [2.05, 4.69) is 86.2 Å². The lowest BCUT2D eigenvalue weighted by molar-refractivity contribution is 0.295. The van der Waals surface area contributed by atoms with Crippen molar-refractivity contribution in [3.05, 3.63) is 36.7 Å². The maximum atomic E-state index is 4.75. The predicted octanol–water partition coefficient (Wildman–Crippen LogP) is 6.63. The van der Waals surface area contributed by atoms with Crippen molar-refractivity contribution in [3.8, 4) is 0 Å². The van der Waals surface area contributed by atoms with Crippen LogP contribution in [0.1, 0.15) is 67.2 Å². The second-order valence-electron chi connectivity index (χ2n) is 10.0. The van der Waals surface area contributed by atoms with Gasteiger partial charge in [-0.15, -0.1) is 0 Å². The van der Waals surface area contributed by atoms with Crippen molar-refractivity contribution in [2.45, 2.75) is 79.3 Å². The van der Waals surface area contributed by atoms with E-state index < -0.39 is 0 Å². The fourth-order valence-electron chi connectivity index (χ4n) is 5.08. The molecule has 2 N–H and O–H groups in total. The maximum Gasteiger partial charge on any atom is 0.0986 e. The zero-order valence-corrected chi connectivity index (χ0v) is 23.5. The Morgan fingerprint density at radius 3 is 1.39 bits per heavy atom. The summed E-state index contributed by atoms with van der Waals surface area (Å²) in [5.74, 6) is 0. The Morgan fingerprint density at radius 1 is 0.639 bits per heavy atom. The number of pyridine rings is 2. The summed E-state index contributed by atoms with van der Waals surface area (Å²) in [7, 11) is 0. The SMILES string of the molecule is CCN(CC)CCC[C@H](C)Nc1ccnc2c1ccc1c(N[C@@H](C)CCCN(CC)CC)ccnc12. The number of nitrogens with zero attached hydrogens (tertiary/aromatic N) is 4. The number of nitrogens with one attached hydrogen (secondary N) is 2. The highest BCUT2D eigenvalue weighted by atomic mass is 15.1. The lowest BCUT2D eigenvalue weighted by atomic mass is 10.1. The van der Waals surface area contributed by atoms with Gasteiger partial charge in [-0.1, -0.05) is 27.7 Å². The maximum absolute atomic E-state index is 4.75. The molecule has 2 atom stereocenters. The van der Waals surface area contributed by atoms with E-state index in [9.17, 15) is 0 Å². The van der Waals surface area contributed by atoms with Crippen LogP contribution in [0.15, 0.2) is 36.7 Å². The molecule has 36 heavy (non-hydrogen) atoms. The minimum atomic E-state index is 0.403. The molecule has 0 unspecified atom stereocenters. The molecule has 0 aliphatic rings. The topological polar surface area (TPSA) is 56.3 Å². The fraction of sp³-hybridized carbons (Fsp3) is 0.600. The van der Waals surface area contributed by atoms with Gasteiger partial charge >= 0.3 is 0 Å². The van der Waals surface area contributed by atoms with Crippen molar-refractivity contribution < 1.29 is 0 Å². The van der Waals surface area contributed by atoms with Gasteiger partial charge in [0.25, 0.3) is 0 Å². The van der Waals surface area contributed by atoms with Crippen molar-refractivity contribution in [2.75, 3.05) is 49.9 Å². The van der Waals surface area contributed by atoms with E-state index in [4.69, 9.17) is 9.97 Å². The van der Waals surface area contributed by atoms with Crippen LogP contribution in [0, 0.1) is 0 Å². The number of fused-ring (bicyclic) bond motifs is 3. The molecule has 1 aromatic carbocycles. The van der Waals surface area contributed by atoms with Crippen LogP contribution in [-0.4, -0.2) is 71.1 Å². The highest BCUT2D eigenvalue weighted by Gasteiger charge is 2.13. The second kappa shape index (κ2) is 14.3. The van der Waals surface area contributed by atoms with Gasteiger partial charge in [0.1, 0.15) is 0 Å². The predicted molar refractivity (Wildman–Crippen MR) is 157 cm³/mol. The molecule has 0 radical (unpaired) electrons. The minimum absolute atomic E-state index is 0.403. The number of hydrogen-bond donors (Lipinski definition) is 2. The molecule has 2 heterocycles. The monoisotopic (exact) mass is 492 g/mol. The minimum Gasteiger partial charge on any atom is -0.382 e. The van der Waals surface area contributed by atoms with Gasteiger partial charge in [0, 0.05) is 46.6 Å². The molecule has 0 saturated carbocycles. The van der Waals surface area contributed by atoms with Gasteiger partial charge in [-0.3, -0.25) is 9.97 Å². The Bertz CT molecular complexity index is 975. The van der Waals surface area contributed by atoms with Gasteiger partial charge in [-0.05, 0) is 103 Å². The molecule has 3 aromatic rings. The van der Waals surface area contributed by atoms with Crippen molar-refractivity contribution in [1.82, 2.24) is 19.8 Å². The lowest BCUT2D eigenvalue weighted by Gasteiger charge is -2.21. The van der Waals surface area contributed by atoms with Gasteiger partial charge in [0.15, 0.2) is 0 Å². The molecular weight excluding hydrogens is 444 g/mol. The van der Waals surface area contributed by atoms with Crippen molar-refractivity contribution in [2.24, 2.45) is 0 Å². The van der Waals surface area contributed by atoms with Gasteiger partial charge in [0.2, 0.25) is 0 Å². The second-order valence-corrected chi connectivity index (χ2v) is 10.0. The molecular formula is C30H48N6. The highest BCUT2D eigenvalue weighted by Crippen LogP contribution is 2.32. The van der Waals surface area contributed by atoms with Gasteiger partial charge < -0.3 is 20.4 Å². The first kappa shape index (κ1) is 28.1. The summed E-state index contributed by atoms with van der Waals surface area (Å²) < 4.78 is 0. The van der Waals surface area contributed by atoms with E-state index in [0.29, 0.717) is 12.1 Å². The van der Waals surface area contributed by atoms with Crippen LogP contribution in [0.25, 0.3) is 21.8 Å². The zero-order chi connectivity index (χ0) is 25.9. The van der Waals surface area contributed by atoms with E-state index in [0.717, 1.165) is 85.3 Å². The summed E-state index contributed by atoms with van der Waals surface area (Å²) in [6.45, 7) is 20.3. The largest absolute Gasteiger partial charge is 0.382 e. The Kier molecular flexibility index (Phi) is 11.2. The van der Waals surface area contributed by atoms with E-state index in [-0.39, 0.29) is 0 Å². The molecule has 3 rings (SSSR count). The number of benzene rings is 1. The molecule has 0 spiro atoms. The van der Waals surface area contributed by atoms with Crippen molar-refractivity contribution in [1.29, 1.82) is 0 Å². The van der Waals surface area contributed by atoms with Gasteiger partial charge in [0.05, 0.1) is 11.0 Å². The van der Waals surface area contributed by atoms with E-state index in [1.807, 2.05) is 12.4 Å². The lowest BCUT2D eigenvalue weighted by Crippen LogP contribution is -2.25. The van der Waals surface area contributed by atoms with Crippen LogP contribution in [-0.2, 0) is 0 Å². The average molecular weight is 493 g/mol. The van der Waals surface area contributed by atoms with Crippen molar-refractivity contribution >= 4 is 33.2 Å². The first-order valence-corrected chi connectivity index (χ1v) is 14.1. The van der Waals surface area contributed by atoms with Crippen molar-refractivity contribution in [3.63, 3.8) is 0 Å². The van der Waals surface area contributed by atoms with E-state index in [1.165, 1.54) is 12.8 Å². The molecule has 0 aliphatic heterocycles. The quantitative estimate of drug-likeness (QED) is 0.219. The van der Waals surface area contributed by atoms with Crippen LogP contribution in [0.5, 0.6) is 0 Å². The number of aromatic nitrogens is 2. The van der Waals surface area contributed by atoms with Gasteiger partial charge in [-0.2, -0.15) is 0 Å². The zero-order valence-electron chi connectivity index (χ0n) is 23.5. The Hall–Kier alpha value is -2.44. The Morgan fingerprint density at radius 2 is 1.03 bits per heavy atom. The van der Waals surface area contributed by atoms with Gasteiger partial charge in [-0.25, -0.2) is 0 Å². The van der Waals surface area contributed by atoms with Crippen LogP contribution in [0.2, 0.25) is 0 Å². The van der Waals surface area contributed by atoms with E-state index >= 15 is 0 Å². The summed E-state index contributed by atoms with van der Waals surface area (Å²) >= 11 is 0. The molecule has 0 amide bonds. The first-order chi connectivity index (χ1) is 17.5. The van der Waals surface area contributed by atoms with Crippen LogP contribution < -0.4 is 10.6 Å². The Labute approximate surface area is 218 Å². The highest BCUT2D eigenvalue weighted by molar-refractivity contribution is 6.10.